The number of hydrogen-bond donors (Lipinski definition) is 1. The van der Waals surface area contributed by atoms with Crippen molar-refractivity contribution in [3.05, 3.63) is 17.8 Å². The molecule has 1 amide bonds. The molecule has 0 saturated carbocycles. The fourth-order valence-corrected chi connectivity index (χ4v) is 4.94. The lowest BCUT2D eigenvalue weighted by molar-refractivity contribution is -0.0352. The largest absolute Gasteiger partial charge is 0.448 e. The van der Waals surface area contributed by atoms with Crippen LogP contribution in [0.1, 0.15) is 41.9 Å². The Kier molecular flexibility index (Phi) is 6.64. The molecular formula is C19H31N3O3S. The van der Waals surface area contributed by atoms with E-state index in [4.69, 9.17) is 4.42 Å². The summed E-state index contributed by atoms with van der Waals surface area (Å²) in [5.41, 5.74) is 0.585. The Morgan fingerprint density at radius 1 is 1.38 bits per heavy atom. The van der Waals surface area contributed by atoms with Crippen LogP contribution in [0.15, 0.2) is 10.8 Å². The second-order valence-corrected chi connectivity index (χ2v) is 8.67. The van der Waals surface area contributed by atoms with Crippen molar-refractivity contribution < 1.29 is 14.3 Å². The van der Waals surface area contributed by atoms with Crippen LogP contribution in [0.3, 0.4) is 0 Å². The lowest BCUT2D eigenvalue weighted by Gasteiger charge is -2.51. The van der Waals surface area contributed by atoms with E-state index in [9.17, 15) is 9.90 Å². The van der Waals surface area contributed by atoms with Gasteiger partial charge in [0.25, 0.3) is 5.91 Å². The number of hydrogen-bond acceptors (Lipinski definition) is 6. The van der Waals surface area contributed by atoms with Gasteiger partial charge >= 0.3 is 0 Å². The molecular weight excluding hydrogens is 350 g/mol. The van der Waals surface area contributed by atoms with Gasteiger partial charge in [0.15, 0.2) is 12.1 Å². The molecule has 0 aromatic carbocycles. The Morgan fingerprint density at radius 2 is 2.12 bits per heavy atom. The molecule has 1 aromatic heterocycles. The highest BCUT2D eigenvalue weighted by atomic mass is 32.2. The Labute approximate surface area is 160 Å². The molecule has 1 N–H and O–H groups in total. The molecule has 0 aliphatic carbocycles. The van der Waals surface area contributed by atoms with Gasteiger partial charge in [0.05, 0.1) is 0 Å². The van der Waals surface area contributed by atoms with Gasteiger partial charge in [-0.15, -0.1) is 0 Å². The SMILES string of the molecule is CSCCCN1CCC2(CC1)CCN(C(=O)c1ncoc1C)CC2CO. The zero-order valence-electron chi connectivity index (χ0n) is 15.9. The van der Waals surface area contributed by atoms with Crippen LogP contribution in [-0.4, -0.2) is 77.1 Å². The highest BCUT2D eigenvalue weighted by Crippen LogP contribution is 2.45. The first kappa shape index (κ1) is 19.7. The summed E-state index contributed by atoms with van der Waals surface area (Å²) in [5.74, 6) is 1.87. The second kappa shape index (κ2) is 8.76. The smallest absolute Gasteiger partial charge is 0.276 e. The van der Waals surface area contributed by atoms with Crippen LogP contribution in [-0.2, 0) is 0 Å². The van der Waals surface area contributed by atoms with E-state index in [0.29, 0.717) is 18.0 Å². The third-order valence-electron chi connectivity index (χ3n) is 6.32. The highest BCUT2D eigenvalue weighted by Gasteiger charge is 2.45. The zero-order valence-corrected chi connectivity index (χ0v) is 16.8. The van der Waals surface area contributed by atoms with Gasteiger partial charge in [0.2, 0.25) is 0 Å². The highest BCUT2D eigenvalue weighted by molar-refractivity contribution is 7.98. The number of rotatable bonds is 6. The lowest BCUT2D eigenvalue weighted by atomic mass is 9.64. The summed E-state index contributed by atoms with van der Waals surface area (Å²) in [6.45, 7) is 6.68. The Morgan fingerprint density at radius 3 is 2.73 bits per heavy atom. The van der Waals surface area contributed by atoms with Crippen molar-refractivity contribution in [1.29, 1.82) is 0 Å². The predicted octanol–water partition coefficient (Wildman–Crippen LogP) is 2.27. The number of amides is 1. The summed E-state index contributed by atoms with van der Waals surface area (Å²) in [6.07, 6.45) is 7.96. The topological polar surface area (TPSA) is 69.8 Å². The van der Waals surface area contributed by atoms with Crippen molar-refractivity contribution in [1.82, 2.24) is 14.8 Å². The van der Waals surface area contributed by atoms with E-state index in [1.165, 1.54) is 25.1 Å². The molecule has 3 rings (SSSR count). The number of carbonyl (C=O) groups is 1. The molecule has 146 valence electrons. The Hall–Kier alpha value is -1.05. The number of aliphatic hydroxyl groups excluding tert-OH is 1. The predicted molar refractivity (Wildman–Crippen MR) is 103 cm³/mol. The number of aliphatic hydroxyl groups is 1. The Bertz CT molecular complexity index is 599. The van der Waals surface area contributed by atoms with E-state index in [1.54, 1.807) is 6.92 Å². The van der Waals surface area contributed by atoms with E-state index in [2.05, 4.69) is 16.1 Å². The maximum atomic E-state index is 12.7. The quantitative estimate of drug-likeness (QED) is 0.763. The van der Waals surface area contributed by atoms with E-state index in [1.807, 2.05) is 16.7 Å². The minimum atomic E-state index is -0.0703. The van der Waals surface area contributed by atoms with Crippen molar-refractivity contribution in [3.8, 4) is 0 Å². The normalized spacial score (nSPS) is 23.5. The number of thioether (sulfide) groups is 1. The number of likely N-dealkylation sites (tertiary alicyclic amines) is 2. The van der Waals surface area contributed by atoms with Crippen LogP contribution in [0.25, 0.3) is 0 Å². The maximum absolute atomic E-state index is 12.7. The minimum Gasteiger partial charge on any atom is -0.448 e. The fourth-order valence-electron chi connectivity index (χ4n) is 4.52. The number of piperidine rings is 2. The van der Waals surface area contributed by atoms with Crippen molar-refractivity contribution in [3.63, 3.8) is 0 Å². The minimum absolute atomic E-state index is 0.0703. The molecule has 3 heterocycles. The molecule has 6 nitrogen and oxygen atoms in total. The summed E-state index contributed by atoms with van der Waals surface area (Å²) < 4.78 is 5.18. The summed E-state index contributed by atoms with van der Waals surface area (Å²) in [7, 11) is 0. The first-order valence-electron chi connectivity index (χ1n) is 9.61. The number of aryl methyl sites for hydroxylation is 1. The van der Waals surface area contributed by atoms with Crippen LogP contribution in [0.5, 0.6) is 0 Å². The number of carbonyl (C=O) groups excluding carboxylic acids is 1. The fraction of sp³-hybridized carbons (Fsp3) is 0.789. The lowest BCUT2D eigenvalue weighted by Crippen LogP contribution is -2.54. The van der Waals surface area contributed by atoms with Crippen molar-refractivity contribution in [2.24, 2.45) is 11.3 Å². The van der Waals surface area contributed by atoms with Gasteiger partial charge < -0.3 is 19.3 Å². The maximum Gasteiger partial charge on any atom is 0.276 e. The average Bonchev–Trinajstić information content (AvgIpc) is 3.09. The average molecular weight is 382 g/mol. The van der Waals surface area contributed by atoms with Crippen molar-refractivity contribution in [2.75, 3.05) is 51.3 Å². The van der Waals surface area contributed by atoms with Crippen molar-refractivity contribution in [2.45, 2.75) is 32.6 Å². The molecule has 1 atom stereocenters. The van der Waals surface area contributed by atoms with E-state index < -0.39 is 0 Å². The summed E-state index contributed by atoms with van der Waals surface area (Å²) in [5, 5.41) is 10.0. The number of oxazole rings is 1. The molecule has 0 bridgehead atoms. The zero-order chi connectivity index (χ0) is 18.6. The first-order valence-corrected chi connectivity index (χ1v) is 11.0. The van der Waals surface area contributed by atoms with E-state index in [0.717, 1.165) is 38.9 Å². The molecule has 2 fully saturated rings. The van der Waals surface area contributed by atoms with Gasteiger partial charge in [-0.1, -0.05) is 0 Å². The molecule has 0 radical (unpaired) electrons. The molecule has 26 heavy (non-hydrogen) atoms. The van der Waals surface area contributed by atoms with Crippen LogP contribution in [0.4, 0.5) is 0 Å². The Balaban J connectivity index is 1.59. The molecule has 1 unspecified atom stereocenters. The van der Waals surface area contributed by atoms with Gasteiger partial charge in [-0.3, -0.25) is 4.79 Å². The van der Waals surface area contributed by atoms with Gasteiger partial charge in [-0.05, 0) is 69.7 Å². The van der Waals surface area contributed by atoms with Gasteiger partial charge in [-0.2, -0.15) is 11.8 Å². The second-order valence-electron chi connectivity index (χ2n) is 7.69. The van der Waals surface area contributed by atoms with Crippen LogP contribution < -0.4 is 0 Å². The summed E-state index contributed by atoms with van der Waals surface area (Å²) >= 11 is 1.91. The molecule has 1 spiro atoms. The van der Waals surface area contributed by atoms with Gasteiger partial charge in [0, 0.05) is 25.6 Å². The van der Waals surface area contributed by atoms with Gasteiger partial charge in [0.1, 0.15) is 5.76 Å². The molecule has 1 aromatic rings. The van der Waals surface area contributed by atoms with Gasteiger partial charge in [-0.25, -0.2) is 4.98 Å². The van der Waals surface area contributed by atoms with Crippen molar-refractivity contribution >= 4 is 17.7 Å². The first-order chi connectivity index (χ1) is 12.6. The summed E-state index contributed by atoms with van der Waals surface area (Å²) in [4.78, 5) is 21.2. The monoisotopic (exact) mass is 381 g/mol. The van der Waals surface area contributed by atoms with Crippen LogP contribution in [0.2, 0.25) is 0 Å². The van der Waals surface area contributed by atoms with Crippen LogP contribution in [0, 0.1) is 18.3 Å². The molecule has 2 aliphatic heterocycles. The third kappa shape index (κ3) is 4.10. The number of nitrogens with zero attached hydrogens (tertiary/aromatic N) is 3. The number of aromatic nitrogens is 1. The van der Waals surface area contributed by atoms with E-state index in [-0.39, 0.29) is 23.8 Å². The standard InChI is InChI=1S/C19H31N3O3S/c1-15-17(20-14-25-15)18(24)22-10-6-19(16(12-22)13-23)4-8-21(9-5-19)7-3-11-26-2/h14,16,23H,3-13H2,1-2H3. The summed E-state index contributed by atoms with van der Waals surface area (Å²) in [6, 6.07) is 0. The third-order valence-corrected chi connectivity index (χ3v) is 7.01. The molecule has 2 aliphatic rings. The van der Waals surface area contributed by atoms with E-state index >= 15 is 0 Å². The van der Waals surface area contributed by atoms with Crippen LogP contribution >= 0.6 is 11.8 Å². The molecule has 2 saturated heterocycles. The molecule has 7 heteroatoms.